The van der Waals surface area contributed by atoms with E-state index in [1.54, 1.807) is 24.3 Å². The predicted octanol–water partition coefficient (Wildman–Crippen LogP) is 6.27. The summed E-state index contributed by atoms with van der Waals surface area (Å²) in [4.78, 5) is 15.0. The number of carbonyl (C=O) groups is 1. The Bertz CT molecular complexity index is 1480. The van der Waals surface area contributed by atoms with Crippen LogP contribution >= 0.6 is 23.4 Å². The van der Waals surface area contributed by atoms with Crippen molar-refractivity contribution in [3.05, 3.63) is 106 Å². The number of anilines is 1. The number of aromatic nitrogens is 1. The fourth-order valence-corrected chi connectivity index (χ4v) is 4.90. The van der Waals surface area contributed by atoms with Crippen LogP contribution in [-0.2, 0) is 11.3 Å². The first-order valence-corrected chi connectivity index (χ1v) is 11.4. The number of amides is 1. The van der Waals surface area contributed by atoms with Crippen molar-refractivity contribution in [3.8, 4) is 6.07 Å². The summed E-state index contributed by atoms with van der Waals surface area (Å²) in [6.07, 6.45) is 3.83. The molecule has 1 aromatic heterocycles. The topological polar surface area (TPSA) is 72.9 Å². The van der Waals surface area contributed by atoms with Crippen molar-refractivity contribution in [2.45, 2.75) is 6.54 Å². The summed E-state index contributed by atoms with van der Waals surface area (Å²) in [5, 5.41) is 19.5. The van der Waals surface area contributed by atoms with Gasteiger partial charge in [-0.2, -0.15) is 5.26 Å². The van der Waals surface area contributed by atoms with Crippen molar-refractivity contribution in [3.63, 3.8) is 0 Å². The molecular formula is C26H17ClN4OS. The number of benzene rings is 3. The number of hydrogen-bond acceptors (Lipinski definition) is 4. The van der Waals surface area contributed by atoms with Crippen LogP contribution < -0.4 is 4.90 Å². The van der Waals surface area contributed by atoms with Gasteiger partial charge < -0.3 is 4.57 Å². The van der Waals surface area contributed by atoms with E-state index in [0.717, 1.165) is 33.8 Å². The quantitative estimate of drug-likeness (QED) is 0.359. The van der Waals surface area contributed by atoms with Gasteiger partial charge in [-0.15, -0.1) is 0 Å². The fourth-order valence-electron chi connectivity index (χ4n) is 3.92. The fraction of sp³-hybridized carbons (Fsp3) is 0.0385. The zero-order valence-corrected chi connectivity index (χ0v) is 18.9. The third-order valence-corrected chi connectivity index (χ3v) is 6.63. The second-order valence-corrected chi connectivity index (χ2v) is 9.00. The molecule has 1 saturated heterocycles. The summed E-state index contributed by atoms with van der Waals surface area (Å²) in [7, 11) is 0. The van der Waals surface area contributed by atoms with Crippen molar-refractivity contribution < 1.29 is 4.79 Å². The number of carbonyl (C=O) groups excluding carboxylic acids is 1. The molecule has 1 aliphatic heterocycles. The average molecular weight is 469 g/mol. The van der Waals surface area contributed by atoms with Crippen LogP contribution in [0.25, 0.3) is 17.0 Å². The summed E-state index contributed by atoms with van der Waals surface area (Å²) in [6, 6.07) is 24.7. The Labute approximate surface area is 200 Å². The first-order chi connectivity index (χ1) is 16.0. The van der Waals surface area contributed by atoms with Gasteiger partial charge in [-0.25, -0.2) is 0 Å². The Hall–Kier alpha value is -3.79. The van der Waals surface area contributed by atoms with E-state index in [4.69, 9.17) is 17.0 Å². The van der Waals surface area contributed by atoms with Gasteiger partial charge in [0.05, 0.1) is 22.2 Å². The summed E-state index contributed by atoms with van der Waals surface area (Å²) in [5.74, 6) is -0.237. The van der Waals surface area contributed by atoms with Crippen LogP contribution in [0.4, 0.5) is 5.69 Å². The average Bonchev–Trinajstić information content (AvgIpc) is 3.31. The van der Waals surface area contributed by atoms with Crippen LogP contribution in [0, 0.1) is 16.7 Å². The van der Waals surface area contributed by atoms with Gasteiger partial charge in [-0.3, -0.25) is 15.1 Å². The van der Waals surface area contributed by atoms with Crippen LogP contribution in [0.2, 0.25) is 5.02 Å². The zero-order valence-electron chi connectivity index (χ0n) is 17.3. The molecule has 0 unspecified atom stereocenters. The maximum Gasteiger partial charge on any atom is 0.271 e. The predicted molar refractivity (Wildman–Crippen MR) is 134 cm³/mol. The third kappa shape index (κ3) is 3.93. The lowest BCUT2D eigenvalue weighted by Crippen LogP contribution is -2.27. The molecule has 4 aromatic rings. The SMILES string of the molecule is N#Cc1ccccc1Cn1cc(/C=C2/SC(=N)N(c3ccc(Cl)cc3)C2=O)c2ccccc21. The lowest BCUT2D eigenvalue weighted by molar-refractivity contribution is -0.113. The molecule has 160 valence electrons. The minimum Gasteiger partial charge on any atom is -0.342 e. The van der Waals surface area contributed by atoms with Crippen molar-refractivity contribution in [2.24, 2.45) is 0 Å². The van der Waals surface area contributed by atoms with Gasteiger partial charge in [0.2, 0.25) is 0 Å². The van der Waals surface area contributed by atoms with E-state index >= 15 is 0 Å². The van der Waals surface area contributed by atoms with Gasteiger partial charge in [0.1, 0.15) is 0 Å². The Morgan fingerprint density at radius 2 is 1.76 bits per heavy atom. The number of nitrogens with one attached hydrogen (secondary N) is 1. The Kier molecular flexibility index (Phi) is 5.51. The number of para-hydroxylation sites is 1. The number of nitriles is 1. The lowest BCUT2D eigenvalue weighted by atomic mass is 10.1. The Balaban J connectivity index is 1.53. The second kappa shape index (κ2) is 8.62. The number of halogens is 1. The van der Waals surface area contributed by atoms with E-state index in [1.165, 1.54) is 4.90 Å². The molecule has 0 atom stereocenters. The maximum absolute atomic E-state index is 13.1. The van der Waals surface area contributed by atoms with Crippen molar-refractivity contribution >= 4 is 57.1 Å². The van der Waals surface area contributed by atoms with Crippen LogP contribution in [0.3, 0.4) is 0 Å². The molecule has 3 aromatic carbocycles. The van der Waals surface area contributed by atoms with Gasteiger partial charge in [0.15, 0.2) is 5.17 Å². The summed E-state index contributed by atoms with van der Waals surface area (Å²) in [5.41, 5.74) is 4.09. The van der Waals surface area contributed by atoms with Gasteiger partial charge in [-0.05, 0) is 59.8 Å². The van der Waals surface area contributed by atoms with Gasteiger partial charge >= 0.3 is 0 Å². The molecule has 0 bridgehead atoms. The monoisotopic (exact) mass is 468 g/mol. The molecule has 5 nitrogen and oxygen atoms in total. The molecule has 0 aliphatic carbocycles. The summed E-state index contributed by atoms with van der Waals surface area (Å²) < 4.78 is 2.09. The largest absolute Gasteiger partial charge is 0.342 e. The highest BCUT2D eigenvalue weighted by Gasteiger charge is 2.33. The number of thioether (sulfide) groups is 1. The molecular weight excluding hydrogens is 452 g/mol. The smallest absolute Gasteiger partial charge is 0.271 e. The third-order valence-electron chi connectivity index (χ3n) is 5.49. The van der Waals surface area contributed by atoms with Crippen molar-refractivity contribution in [1.82, 2.24) is 4.57 Å². The normalized spacial score (nSPS) is 14.9. The molecule has 1 aliphatic rings. The van der Waals surface area contributed by atoms with Crippen molar-refractivity contribution in [1.29, 1.82) is 10.7 Å². The van der Waals surface area contributed by atoms with E-state index < -0.39 is 0 Å². The van der Waals surface area contributed by atoms with Crippen LogP contribution in [-0.4, -0.2) is 15.6 Å². The highest BCUT2D eigenvalue weighted by Crippen LogP contribution is 2.37. The number of fused-ring (bicyclic) bond motifs is 1. The molecule has 33 heavy (non-hydrogen) atoms. The maximum atomic E-state index is 13.1. The minimum absolute atomic E-state index is 0.153. The highest BCUT2D eigenvalue weighted by molar-refractivity contribution is 8.19. The molecule has 2 heterocycles. The van der Waals surface area contributed by atoms with E-state index in [-0.39, 0.29) is 11.1 Å². The molecule has 1 N–H and O–H groups in total. The molecule has 0 radical (unpaired) electrons. The molecule has 0 saturated carbocycles. The Morgan fingerprint density at radius 3 is 2.55 bits per heavy atom. The van der Waals surface area contributed by atoms with Gasteiger partial charge in [-0.1, -0.05) is 48.0 Å². The minimum atomic E-state index is -0.237. The number of amidine groups is 1. The number of rotatable bonds is 4. The van der Waals surface area contributed by atoms with Gasteiger partial charge in [0.25, 0.3) is 5.91 Å². The first-order valence-electron chi connectivity index (χ1n) is 10.2. The standard InChI is InChI=1S/C26H17ClN4OS/c27-20-9-11-21(12-10-20)31-25(32)24(33-26(31)29)13-19-16-30(23-8-4-3-7-22(19)23)15-18-6-2-1-5-17(18)14-28/h1-13,16,29H,15H2/b24-13+,29-26?. The highest BCUT2D eigenvalue weighted by atomic mass is 35.5. The van der Waals surface area contributed by atoms with Crippen LogP contribution in [0.1, 0.15) is 16.7 Å². The van der Waals surface area contributed by atoms with E-state index in [2.05, 4.69) is 10.6 Å². The van der Waals surface area contributed by atoms with Crippen LogP contribution in [0.5, 0.6) is 0 Å². The zero-order chi connectivity index (χ0) is 22.9. The molecule has 7 heteroatoms. The Morgan fingerprint density at radius 1 is 1.03 bits per heavy atom. The molecule has 5 rings (SSSR count). The molecule has 1 fully saturated rings. The molecule has 1 amide bonds. The van der Waals surface area contributed by atoms with Crippen molar-refractivity contribution in [2.75, 3.05) is 4.90 Å². The summed E-state index contributed by atoms with van der Waals surface area (Å²) >= 11 is 7.11. The molecule has 0 spiro atoms. The summed E-state index contributed by atoms with van der Waals surface area (Å²) in [6.45, 7) is 0.543. The van der Waals surface area contributed by atoms with Crippen LogP contribution in [0.15, 0.2) is 83.9 Å². The number of hydrogen-bond donors (Lipinski definition) is 1. The van der Waals surface area contributed by atoms with E-state index in [0.29, 0.717) is 27.7 Å². The van der Waals surface area contributed by atoms with E-state index in [1.807, 2.05) is 60.8 Å². The lowest BCUT2D eigenvalue weighted by Gasteiger charge is -2.14. The van der Waals surface area contributed by atoms with Gasteiger partial charge in [0, 0.05) is 34.2 Å². The number of nitrogens with zero attached hydrogens (tertiary/aromatic N) is 3. The van der Waals surface area contributed by atoms with E-state index in [9.17, 15) is 10.1 Å². The first kappa shape index (κ1) is 21.1. The second-order valence-electron chi connectivity index (χ2n) is 7.53.